The van der Waals surface area contributed by atoms with Gasteiger partial charge in [0.15, 0.2) is 0 Å². The van der Waals surface area contributed by atoms with E-state index in [0.29, 0.717) is 18.0 Å². The fourth-order valence-corrected chi connectivity index (χ4v) is 3.23. The van der Waals surface area contributed by atoms with E-state index in [-0.39, 0.29) is 0 Å². The summed E-state index contributed by atoms with van der Waals surface area (Å²) in [4.78, 5) is 15.4. The molecule has 1 aliphatic rings. The number of aromatic carboxylic acids is 1. The molecule has 2 N–H and O–H groups in total. The van der Waals surface area contributed by atoms with Crippen molar-refractivity contribution in [1.82, 2.24) is 20.1 Å². The van der Waals surface area contributed by atoms with Crippen molar-refractivity contribution in [3.8, 4) is 0 Å². The number of carboxylic acid groups (broad SMARTS) is 1. The summed E-state index contributed by atoms with van der Waals surface area (Å²) in [5.74, 6) is -0.915. The van der Waals surface area contributed by atoms with Gasteiger partial charge in [-0.1, -0.05) is 0 Å². The molecule has 0 aromatic carbocycles. The number of nitrogens with one attached hydrogen (secondary N) is 1. The van der Waals surface area contributed by atoms with Gasteiger partial charge in [-0.2, -0.15) is 5.10 Å². The Morgan fingerprint density at radius 1 is 1.35 bits per heavy atom. The van der Waals surface area contributed by atoms with E-state index in [0.717, 1.165) is 49.2 Å². The molecule has 1 fully saturated rings. The molecule has 3 rings (SSSR count). The summed E-state index contributed by atoms with van der Waals surface area (Å²) in [6.07, 6.45) is 8.93. The quantitative estimate of drug-likeness (QED) is 0.904. The average Bonchev–Trinajstić information content (AvgIpc) is 2.77. The van der Waals surface area contributed by atoms with Crippen molar-refractivity contribution in [2.75, 3.05) is 13.1 Å². The largest absolute Gasteiger partial charge is 0.478 e. The van der Waals surface area contributed by atoms with Crippen molar-refractivity contribution in [2.45, 2.75) is 38.6 Å². The van der Waals surface area contributed by atoms with Gasteiger partial charge in [0.2, 0.25) is 0 Å². The number of pyridine rings is 1. The third-order valence-corrected chi connectivity index (χ3v) is 4.55. The van der Waals surface area contributed by atoms with Crippen LogP contribution in [0.15, 0.2) is 24.7 Å². The van der Waals surface area contributed by atoms with E-state index < -0.39 is 5.97 Å². The van der Waals surface area contributed by atoms with E-state index in [1.807, 2.05) is 6.20 Å². The van der Waals surface area contributed by atoms with Gasteiger partial charge in [0.05, 0.1) is 17.8 Å². The summed E-state index contributed by atoms with van der Waals surface area (Å²) in [7, 11) is 0. The zero-order chi connectivity index (χ0) is 16.2. The van der Waals surface area contributed by atoms with Crippen molar-refractivity contribution >= 4 is 5.97 Å². The molecule has 0 saturated carbocycles. The van der Waals surface area contributed by atoms with Gasteiger partial charge in [-0.3, -0.25) is 9.67 Å². The summed E-state index contributed by atoms with van der Waals surface area (Å²) in [5.41, 5.74) is 3.23. The molecule has 6 nitrogen and oxygen atoms in total. The van der Waals surface area contributed by atoms with Crippen LogP contribution in [0.1, 0.15) is 52.5 Å². The van der Waals surface area contributed by atoms with E-state index >= 15 is 0 Å². The van der Waals surface area contributed by atoms with Crippen molar-refractivity contribution in [2.24, 2.45) is 0 Å². The maximum absolute atomic E-state index is 11.3. The van der Waals surface area contributed by atoms with E-state index in [1.165, 1.54) is 6.20 Å². The molecular formula is C17H22N4O2. The van der Waals surface area contributed by atoms with Gasteiger partial charge in [-0.25, -0.2) is 4.79 Å². The first-order valence-corrected chi connectivity index (χ1v) is 8.06. The second-order valence-corrected chi connectivity index (χ2v) is 6.05. The molecule has 0 spiro atoms. The lowest BCUT2D eigenvalue weighted by Crippen LogP contribution is -2.16. The molecule has 0 radical (unpaired) electrons. The number of carboxylic acids is 1. The predicted molar refractivity (Wildman–Crippen MR) is 86.7 cm³/mol. The van der Waals surface area contributed by atoms with Crippen LogP contribution < -0.4 is 5.32 Å². The fraction of sp³-hybridized carbons (Fsp3) is 0.471. The van der Waals surface area contributed by atoms with E-state index in [2.05, 4.69) is 27.0 Å². The van der Waals surface area contributed by atoms with Crippen molar-refractivity contribution in [3.63, 3.8) is 0 Å². The van der Waals surface area contributed by atoms with Crippen LogP contribution >= 0.6 is 0 Å². The van der Waals surface area contributed by atoms with Crippen LogP contribution in [0.25, 0.3) is 0 Å². The highest BCUT2D eigenvalue weighted by molar-refractivity contribution is 5.89. The lowest BCUT2D eigenvalue weighted by atomic mass is 10.0. The van der Waals surface area contributed by atoms with Crippen LogP contribution in [0.3, 0.4) is 0 Å². The molecule has 3 heterocycles. The van der Waals surface area contributed by atoms with Crippen LogP contribution in [0, 0.1) is 6.92 Å². The molecule has 0 bridgehead atoms. The molecule has 122 valence electrons. The van der Waals surface area contributed by atoms with E-state index in [1.54, 1.807) is 12.3 Å². The van der Waals surface area contributed by atoms with Crippen molar-refractivity contribution in [3.05, 3.63) is 47.0 Å². The standard InChI is InChI=1S/C17H22N4O2/c1-12-13(9-14-10-19-8-5-16(14)17(22)23)11-20-21(12)15-3-2-6-18-7-4-15/h5,8,10-11,15,18H,2-4,6-7,9H2,1H3,(H,22,23). The Morgan fingerprint density at radius 3 is 3.04 bits per heavy atom. The zero-order valence-corrected chi connectivity index (χ0v) is 13.3. The molecule has 1 unspecified atom stereocenters. The molecule has 2 aromatic heterocycles. The van der Waals surface area contributed by atoms with Gasteiger partial charge in [-0.15, -0.1) is 0 Å². The minimum absolute atomic E-state index is 0.311. The van der Waals surface area contributed by atoms with Crippen LogP contribution in [-0.2, 0) is 6.42 Å². The fourth-order valence-electron chi connectivity index (χ4n) is 3.23. The molecule has 23 heavy (non-hydrogen) atoms. The molecule has 0 amide bonds. The van der Waals surface area contributed by atoms with Crippen LogP contribution in [0.2, 0.25) is 0 Å². The minimum atomic E-state index is -0.915. The smallest absolute Gasteiger partial charge is 0.336 e. The average molecular weight is 314 g/mol. The van der Waals surface area contributed by atoms with Crippen LogP contribution in [-0.4, -0.2) is 38.9 Å². The molecule has 1 saturated heterocycles. The minimum Gasteiger partial charge on any atom is -0.478 e. The number of hydrogen-bond acceptors (Lipinski definition) is 4. The van der Waals surface area contributed by atoms with E-state index in [4.69, 9.17) is 0 Å². The second kappa shape index (κ2) is 6.91. The van der Waals surface area contributed by atoms with Gasteiger partial charge in [0, 0.05) is 24.5 Å². The maximum atomic E-state index is 11.3. The molecular weight excluding hydrogens is 292 g/mol. The predicted octanol–water partition coefficient (Wildman–Crippen LogP) is 2.19. The summed E-state index contributed by atoms with van der Waals surface area (Å²) in [5, 5.41) is 17.3. The first-order chi connectivity index (χ1) is 11.2. The third-order valence-electron chi connectivity index (χ3n) is 4.55. The molecule has 1 aliphatic heterocycles. The van der Waals surface area contributed by atoms with E-state index in [9.17, 15) is 9.90 Å². The zero-order valence-electron chi connectivity index (χ0n) is 13.3. The Balaban J connectivity index is 1.84. The summed E-state index contributed by atoms with van der Waals surface area (Å²) in [6, 6.07) is 1.97. The van der Waals surface area contributed by atoms with Gasteiger partial charge in [0.1, 0.15) is 0 Å². The topological polar surface area (TPSA) is 80.0 Å². The summed E-state index contributed by atoms with van der Waals surface area (Å²) < 4.78 is 2.11. The number of aromatic nitrogens is 3. The first-order valence-electron chi connectivity index (χ1n) is 8.06. The molecule has 6 heteroatoms. The first kappa shape index (κ1) is 15.7. The maximum Gasteiger partial charge on any atom is 0.336 e. The summed E-state index contributed by atoms with van der Waals surface area (Å²) in [6.45, 7) is 4.16. The SMILES string of the molecule is Cc1c(Cc2cnccc2C(=O)O)cnn1C1CCCNCC1. The summed E-state index contributed by atoms with van der Waals surface area (Å²) >= 11 is 0. The number of rotatable bonds is 4. The van der Waals surface area contributed by atoms with Gasteiger partial charge in [-0.05, 0) is 56.5 Å². The van der Waals surface area contributed by atoms with Crippen LogP contribution in [0.5, 0.6) is 0 Å². The number of nitrogens with zero attached hydrogens (tertiary/aromatic N) is 3. The normalized spacial score (nSPS) is 18.6. The Hall–Kier alpha value is -2.21. The van der Waals surface area contributed by atoms with Crippen LogP contribution in [0.4, 0.5) is 0 Å². The highest BCUT2D eigenvalue weighted by Crippen LogP contribution is 2.24. The molecule has 2 aromatic rings. The van der Waals surface area contributed by atoms with Gasteiger partial charge in [0.25, 0.3) is 0 Å². The van der Waals surface area contributed by atoms with Gasteiger partial charge >= 0.3 is 5.97 Å². The monoisotopic (exact) mass is 314 g/mol. The highest BCUT2D eigenvalue weighted by atomic mass is 16.4. The molecule has 1 atom stereocenters. The Labute approximate surface area is 135 Å². The van der Waals surface area contributed by atoms with Crippen molar-refractivity contribution in [1.29, 1.82) is 0 Å². The number of hydrogen-bond donors (Lipinski definition) is 2. The van der Waals surface area contributed by atoms with Gasteiger partial charge < -0.3 is 10.4 Å². The second-order valence-electron chi connectivity index (χ2n) is 6.05. The Bertz CT molecular complexity index is 688. The highest BCUT2D eigenvalue weighted by Gasteiger charge is 2.19. The number of carbonyl (C=O) groups is 1. The van der Waals surface area contributed by atoms with Crippen molar-refractivity contribution < 1.29 is 9.90 Å². The lowest BCUT2D eigenvalue weighted by Gasteiger charge is -2.17. The Morgan fingerprint density at radius 2 is 2.22 bits per heavy atom. The molecule has 0 aliphatic carbocycles. The lowest BCUT2D eigenvalue weighted by molar-refractivity contribution is 0.0695. The Kier molecular flexibility index (Phi) is 4.71. The third kappa shape index (κ3) is 3.42.